The second-order valence-electron chi connectivity index (χ2n) is 4.32. The number of nitrogens with one attached hydrogen (secondary N) is 1. The Morgan fingerprint density at radius 2 is 2.20 bits per heavy atom. The van der Waals surface area contributed by atoms with Crippen LogP contribution in [0, 0.1) is 0 Å². The number of carbonyl (C=O) groups excluding carboxylic acids is 1. The van der Waals surface area contributed by atoms with Crippen LogP contribution in [0.25, 0.3) is 0 Å². The van der Waals surface area contributed by atoms with Crippen LogP contribution in [0.5, 0.6) is 0 Å². The first-order valence-corrected chi connectivity index (χ1v) is 4.72. The van der Waals surface area contributed by atoms with Crippen LogP contribution in [0.1, 0.15) is 20.8 Å². The molecule has 0 bridgehead atoms. The van der Waals surface area contributed by atoms with Gasteiger partial charge >= 0.3 is 0 Å². The minimum Gasteiger partial charge on any atom is -0.350 e. The Bertz CT molecular complexity index is 404. The summed E-state index contributed by atoms with van der Waals surface area (Å²) in [5.41, 5.74) is -0.572. The van der Waals surface area contributed by atoms with Crippen LogP contribution < -0.4 is 10.9 Å². The third kappa shape index (κ3) is 3.93. The van der Waals surface area contributed by atoms with Crippen LogP contribution in [0.3, 0.4) is 0 Å². The molecule has 0 spiro atoms. The predicted octanol–water partition coefficient (Wildman–Crippen LogP) is 0.158. The molecule has 0 fully saturated rings. The van der Waals surface area contributed by atoms with Crippen molar-refractivity contribution < 1.29 is 4.79 Å². The van der Waals surface area contributed by atoms with E-state index in [-0.39, 0.29) is 23.6 Å². The van der Waals surface area contributed by atoms with Crippen molar-refractivity contribution >= 4 is 5.91 Å². The number of carbonyl (C=O) groups is 1. The van der Waals surface area contributed by atoms with Crippen molar-refractivity contribution in [3.05, 3.63) is 28.7 Å². The summed E-state index contributed by atoms with van der Waals surface area (Å²) < 4.78 is 1.13. The van der Waals surface area contributed by atoms with Gasteiger partial charge in [-0.15, -0.1) is 0 Å². The first-order valence-electron chi connectivity index (χ1n) is 4.72. The van der Waals surface area contributed by atoms with Gasteiger partial charge in [0.2, 0.25) is 5.91 Å². The van der Waals surface area contributed by atoms with Gasteiger partial charge in [-0.3, -0.25) is 9.59 Å². The maximum atomic E-state index is 11.5. The average Bonchev–Trinajstić information content (AvgIpc) is 2.05. The number of nitrogens with zero attached hydrogens (tertiary/aromatic N) is 2. The third-order valence-corrected chi connectivity index (χ3v) is 1.59. The van der Waals surface area contributed by atoms with Gasteiger partial charge in [-0.05, 0) is 26.8 Å². The van der Waals surface area contributed by atoms with Crippen LogP contribution in [-0.2, 0) is 11.3 Å². The first-order chi connectivity index (χ1) is 6.88. The Labute approximate surface area is 88.1 Å². The van der Waals surface area contributed by atoms with Crippen LogP contribution >= 0.6 is 0 Å². The smallest absolute Gasteiger partial charge is 0.267 e. The van der Waals surface area contributed by atoms with Gasteiger partial charge in [0, 0.05) is 17.8 Å². The molecule has 0 aromatic carbocycles. The highest BCUT2D eigenvalue weighted by molar-refractivity contribution is 5.76. The van der Waals surface area contributed by atoms with Gasteiger partial charge in [-0.2, -0.15) is 5.10 Å². The Hall–Kier alpha value is -1.65. The molecule has 0 saturated carbocycles. The molecule has 1 rings (SSSR count). The van der Waals surface area contributed by atoms with Crippen molar-refractivity contribution in [2.75, 3.05) is 0 Å². The van der Waals surface area contributed by atoms with E-state index in [9.17, 15) is 9.59 Å². The minimum absolute atomic E-state index is 0.0447. The zero-order chi connectivity index (χ0) is 11.5. The second kappa shape index (κ2) is 4.25. The first kappa shape index (κ1) is 11.4. The topological polar surface area (TPSA) is 64.0 Å². The fourth-order valence-electron chi connectivity index (χ4n) is 1.10. The van der Waals surface area contributed by atoms with Gasteiger partial charge in [0.15, 0.2) is 0 Å². The van der Waals surface area contributed by atoms with E-state index in [2.05, 4.69) is 10.4 Å². The van der Waals surface area contributed by atoms with E-state index in [1.165, 1.54) is 12.3 Å². The molecule has 0 aliphatic heterocycles. The largest absolute Gasteiger partial charge is 0.350 e. The summed E-state index contributed by atoms with van der Waals surface area (Å²) in [7, 11) is 0. The predicted molar refractivity (Wildman–Crippen MR) is 56.4 cm³/mol. The van der Waals surface area contributed by atoms with E-state index in [4.69, 9.17) is 0 Å². The lowest BCUT2D eigenvalue weighted by molar-refractivity contribution is -0.123. The highest BCUT2D eigenvalue weighted by Gasteiger charge is 2.14. The molecule has 1 N–H and O–H groups in total. The highest BCUT2D eigenvalue weighted by Crippen LogP contribution is 1.97. The van der Waals surface area contributed by atoms with E-state index >= 15 is 0 Å². The quantitative estimate of drug-likeness (QED) is 0.754. The summed E-state index contributed by atoms with van der Waals surface area (Å²) >= 11 is 0. The van der Waals surface area contributed by atoms with Gasteiger partial charge in [-0.1, -0.05) is 0 Å². The van der Waals surface area contributed by atoms with Gasteiger partial charge in [0.05, 0.1) is 0 Å². The van der Waals surface area contributed by atoms with Crippen molar-refractivity contribution in [2.24, 2.45) is 0 Å². The summed E-state index contributed by atoms with van der Waals surface area (Å²) in [6, 6.07) is 2.91. The molecule has 1 aromatic rings. The standard InChI is InChI=1S/C10H15N3O2/c1-10(2,3)12-8(14)7-13-9(15)5-4-6-11-13/h4-6H,7H2,1-3H3,(H,12,14). The van der Waals surface area contributed by atoms with E-state index in [0.29, 0.717) is 0 Å². The Kier molecular flexibility index (Phi) is 3.24. The fourth-order valence-corrected chi connectivity index (χ4v) is 1.10. The monoisotopic (exact) mass is 209 g/mol. The molecule has 5 heteroatoms. The van der Waals surface area contributed by atoms with Crippen molar-refractivity contribution in [1.82, 2.24) is 15.1 Å². The third-order valence-electron chi connectivity index (χ3n) is 1.59. The second-order valence-corrected chi connectivity index (χ2v) is 4.32. The lowest BCUT2D eigenvalue weighted by Gasteiger charge is -2.20. The molecular formula is C10H15N3O2. The molecule has 0 saturated heterocycles. The molecule has 82 valence electrons. The lowest BCUT2D eigenvalue weighted by atomic mass is 10.1. The molecule has 0 atom stereocenters. The van der Waals surface area contributed by atoms with Crippen molar-refractivity contribution in [3.63, 3.8) is 0 Å². The van der Waals surface area contributed by atoms with Crippen LogP contribution in [0.15, 0.2) is 23.1 Å². The average molecular weight is 209 g/mol. The highest BCUT2D eigenvalue weighted by atomic mass is 16.2. The van der Waals surface area contributed by atoms with Crippen molar-refractivity contribution in [2.45, 2.75) is 32.9 Å². The minimum atomic E-state index is -0.296. The van der Waals surface area contributed by atoms with Gasteiger partial charge in [-0.25, -0.2) is 4.68 Å². The van der Waals surface area contributed by atoms with E-state index in [0.717, 1.165) is 4.68 Å². The molecule has 1 heterocycles. The molecule has 0 unspecified atom stereocenters. The van der Waals surface area contributed by atoms with Crippen LogP contribution in [0.2, 0.25) is 0 Å². The van der Waals surface area contributed by atoms with Crippen LogP contribution in [0.4, 0.5) is 0 Å². The van der Waals surface area contributed by atoms with E-state index in [1.807, 2.05) is 20.8 Å². The van der Waals surface area contributed by atoms with Crippen molar-refractivity contribution in [3.8, 4) is 0 Å². The fraction of sp³-hybridized carbons (Fsp3) is 0.500. The molecule has 1 amide bonds. The number of hydrogen-bond donors (Lipinski definition) is 1. The molecule has 15 heavy (non-hydrogen) atoms. The number of aromatic nitrogens is 2. The van der Waals surface area contributed by atoms with Gasteiger partial charge in [0.1, 0.15) is 6.54 Å². The van der Waals surface area contributed by atoms with Crippen molar-refractivity contribution in [1.29, 1.82) is 0 Å². The normalized spacial score (nSPS) is 11.1. The molecule has 5 nitrogen and oxygen atoms in total. The molecule has 1 aromatic heterocycles. The number of amides is 1. The molecule has 0 aliphatic carbocycles. The van der Waals surface area contributed by atoms with E-state index < -0.39 is 0 Å². The van der Waals surface area contributed by atoms with Crippen LogP contribution in [-0.4, -0.2) is 21.2 Å². The molecule has 0 radical (unpaired) electrons. The summed E-state index contributed by atoms with van der Waals surface area (Å²) in [6.45, 7) is 5.60. The zero-order valence-corrected chi connectivity index (χ0v) is 9.15. The van der Waals surface area contributed by atoms with E-state index in [1.54, 1.807) is 6.07 Å². The summed E-state index contributed by atoms with van der Waals surface area (Å²) in [4.78, 5) is 22.7. The maximum Gasteiger partial charge on any atom is 0.267 e. The SMILES string of the molecule is CC(C)(C)NC(=O)Cn1ncccc1=O. The summed E-state index contributed by atoms with van der Waals surface area (Å²) in [5, 5.41) is 6.55. The Morgan fingerprint density at radius 3 is 2.73 bits per heavy atom. The number of hydrogen-bond acceptors (Lipinski definition) is 3. The number of rotatable bonds is 2. The Balaban J connectivity index is 2.68. The molecule has 0 aliphatic rings. The van der Waals surface area contributed by atoms with Gasteiger partial charge in [0.25, 0.3) is 5.56 Å². The lowest BCUT2D eigenvalue weighted by Crippen LogP contribution is -2.43. The Morgan fingerprint density at radius 1 is 1.53 bits per heavy atom. The summed E-state index contributed by atoms with van der Waals surface area (Å²) in [5.74, 6) is -0.219. The zero-order valence-electron chi connectivity index (χ0n) is 9.15. The molecular weight excluding hydrogens is 194 g/mol. The van der Waals surface area contributed by atoms with Gasteiger partial charge < -0.3 is 5.32 Å². The summed E-state index contributed by atoms with van der Waals surface area (Å²) in [6.07, 6.45) is 1.48. The maximum absolute atomic E-state index is 11.5.